The molecule has 0 radical (unpaired) electrons. The van der Waals surface area contributed by atoms with E-state index in [1.54, 1.807) is 0 Å². The SMILES string of the molecule is Cc1cccc(OCCN2Cc3ccccc3C[C@H]2C(N)=O)c1. The number of ether oxygens (including phenoxy) is 1. The normalized spacial score (nSPS) is 17.5. The third-order valence-electron chi connectivity index (χ3n) is 4.31. The maximum Gasteiger partial charge on any atom is 0.235 e. The number of rotatable bonds is 5. The minimum atomic E-state index is -0.268. The van der Waals surface area contributed by atoms with Crippen LogP contribution in [0.15, 0.2) is 48.5 Å². The Hall–Kier alpha value is -2.33. The lowest BCUT2D eigenvalue weighted by atomic mass is 9.93. The maximum absolute atomic E-state index is 11.8. The summed E-state index contributed by atoms with van der Waals surface area (Å²) in [7, 11) is 0. The second-order valence-corrected chi connectivity index (χ2v) is 6.03. The smallest absolute Gasteiger partial charge is 0.235 e. The number of hydrogen-bond acceptors (Lipinski definition) is 3. The fourth-order valence-corrected chi connectivity index (χ4v) is 3.08. The Kier molecular flexibility index (Phi) is 4.63. The van der Waals surface area contributed by atoms with Crippen LogP contribution in [0.4, 0.5) is 0 Å². The molecule has 4 heteroatoms. The highest BCUT2D eigenvalue weighted by Gasteiger charge is 2.29. The van der Waals surface area contributed by atoms with Crippen LogP contribution in [0.3, 0.4) is 0 Å². The highest BCUT2D eigenvalue weighted by Crippen LogP contribution is 2.23. The molecule has 2 aromatic carbocycles. The Morgan fingerprint density at radius 1 is 1.22 bits per heavy atom. The third kappa shape index (κ3) is 3.71. The van der Waals surface area contributed by atoms with E-state index in [4.69, 9.17) is 10.5 Å². The predicted octanol–water partition coefficient (Wildman–Crippen LogP) is 2.29. The van der Waals surface area contributed by atoms with Crippen LogP contribution in [0.1, 0.15) is 16.7 Å². The fraction of sp³-hybridized carbons (Fsp3) is 0.316. The van der Waals surface area contributed by atoms with Crippen molar-refractivity contribution >= 4 is 5.91 Å². The van der Waals surface area contributed by atoms with Crippen molar-refractivity contribution in [1.29, 1.82) is 0 Å². The highest BCUT2D eigenvalue weighted by molar-refractivity contribution is 5.80. The molecule has 0 saturated carbocycles. The van der Waals surface area contributed by atoms with Gasteiger partial charge in [-0.15, -0.1) is 0 Å². The average Bonchev–Trinajstić information content (AvgIpc) is 2.54. The van der Waals surface area contributed by atoms with Crippen molar-refractivity contribution < 1.29 is 9.53 Å². The number of carbonyl (C=O) groups excluding carboxylic acids is 1. The summed E-state index contributed by atoms with van der Waals surface area (Å²) in [5.74, 6) is 0.591. The summed E-state index contributed by atoms with van der Waals surface area (Å²) in [5, 5.41) is 0. The Morgan fingerprint density at radius 3 is 2.74 bits per heavy atom. The van der Waals surface area contributed by atoms with Gasteiger partial charge in [-0.25, -0.2) is 0 Å². The third-order valence-corrected chi connectivity index (χ3v) is 4.31. The van der Waals surface area contributed by atoms with Crippen LogP contribution >= 0.6 is 0 Å². The molecule has 1 heterocycles. The minimum absolute atomic E-state index is 0.258. The Bertz CT molecular complexity index is 699. The molecule has 2 N–H and O–H groups in total. The summed E-state index contributed by atoms with van der Waals surface area (Å²) in [4.78, 5) is 13.9. The van der Waals surface area contributed by atoms with E-state index in [1.807, 2.05) is 43.3 Å². The molecule has 120 valence electrons. The van der Waals surface area contributed by atoms with Gasteiger partial charge in [0.2, 0.25) is 5.91 Å². The molecule has 3 rings (SSSR count). The molecule has 0 spiro atoms. The topological polar surface area (TPSA) is 55.6 Å². The van der Waals surface area contributed by atoms with Crippen molar-refractivity contribution in [2.45, 2.75) is 25.9 Å². The molecule has 0 fully saturated rings. The molecular formula is C19H22N2O2. The molecule has 1 atom stereocenters. The van der Waals surface area contributed by atoms with Gasteiger partial charge in [-0.05, 0) is 42.2 Å². The molecule has 0 bridgehead atoms. The Balaban J connectivity index is 1.65. The molecule has 4 nitrogen and oxygen atoms in total. The number of nitrogens with two attached hydrogens (primary N) is 1. The van der Waals surface area contributed by atoms with E-state index >= 15 is 0 Å². The van der Waals surface area contributed by atoms with Crippen LogP contribution < -0.4 is 10.5 Å². The van der Waals surface area contributed by atoms with E-state index in [-0.39, 0.29) is 11.9 Å². The Labute approximate surface area is 136 Å². The number of amides is 1. The Morgan fingerprint density at radius 2 is 2.00 bits per heavy atom. The van der Waals surface area contributed by atoms with Crippen LogP contribution in [0.25, 0.3) is 0 Å². The van der Waals surface area contributed by atoms with Crippen molar-refractivity contribution in [3.63, 3.8) is 0 Å². The molecule has 0 saturated heterocycles. The van der Waals surface area contributed by atoms with Crippen molar-refractivity contribution in [2.24, 2.45) is 5.73 Å². The zero-order chi connectivity index (χ0) is 16.2. The monoisotopic (exact) mass is 310 g/mol. The van der Waals surface area contributed by atoms with Gasteiger partial charge in [0.05, 0.1) is 6.04 Å². The minimum Gasteiger partial charge on any atom is -0.492 e. The van der Waals surface area contributed by atoms with Crippen LogP contribution in [-0.2, 0) is 17.8 Å². The van der Waals surface area contributed by atoms with Gasteiger partial charge in [-0.3, -0.25) is 9.69 Å². The quantitative estimate of drug-likeness (QED) is 0.922. The van der Waals surface area contributed by atoms with Gasteiger partial charge in [0.1, 0.15) is 12.4 Å². The van der Waals surface area contributed by atoms with Gasteiger partial charge in [-0.1, -0.05) is 36.4 Å². The number of primary amides is 1. The summed E-state index contributed by atoms with van der Waals surface area (Å²) in [6.07, 6.45) is 0.677. The van der Waals surface area contributed by atoms with Gasteiger partial charge in [-0.2, -0.15) is 0 Å². The van der Waals surface area contributed by atoms with E-state index in [2.05, 4.69) is 17.0 Å². The summed E-state index contributed by atoms with van der Waals surface area (Å²) in [6.45, 7) is 3.99. The van der Waals surface area contributed by atoms with Gasteiger partial charge in [0.25, 0.3) is 0 Å². The van der Waals surface area contributed by atoms with Crippen LogP contribution in [0.2, 0.25) is 0 Å². The zero-order valence-corrected chi connectivity index (χ0v) is 13.4. The van der Waals surface area contributed by atoms with E-state index in [1.165, 1.54) is 16.7 Å². The molecule has 23 heavy (non-hydrogen) atoms. The lowest BCUT2D eigenvalue weighted by Gasteiger charge is -2.34. The summed E-state index contributed by atoms with van der Waals surface area (Å²) < 4.78 is 5.81. The van der Waals surface area contributed by atoms with Gasteiger partial charge >= 0.3 is 0 Å². The molecule has 0 aliphatic carbocycles. The lowest BCUT2D eigenvalue weighted by Crippen LogP contribution is -2.49. The standard InChI is InChI=1S/C19H22N2O2/c1-14-5-4-8-17(11-14)23-10-9-21-13-16-7-3-2-6-15(16)12-18(21)19(20)22/h2-8,11,18H,9-10,12-13H2,1H3,(H2,20,22)/t18-/m0/s1. The van der Waals surface area contributed by atoms with E-state index in [0.717, 1.165) is 12.3 Å². The van der Waals surface area contributed by atoms with Gasteiger partial charge in [0.15, 0.2) is 0 Å². The van der Waals surface area contributed by atoms with Crippen LogP contribution in [0.5, 0.6) is 5.75 Å². The highest BCUT2D eigenvalue weighted by atomic mass is 16.5. The number of nitrogens with zero attached hydrogens (tertiary/aromatic N) is 1. The first-order valence-electron chi connectivity index (χ1n) is 7.93. The number of hydrogen-bond donors (Lipinski definition) is 1. The molecule has 1 aliphatic rings. The van der Waals surface area contributed by atoms with E-state index < -0.39 is 0 Å². The molecule has 1 amide bonds. The van der Waals surface area contributed by atoms with Crippen molar-refractivity contribution in [2.75, 3.05) is 13.2 Å². The number of aryl methyl sites for hydroxylation is 1. The number of benzene rings is 2. The van der Waals surface area contributed by atoms with Crippen molar-refractivity contribution in [1.82, 2.24) is 4.90 Å². The molecule has 0 aromatic heterocycles. The van der Waals surface area contributed by atoms with E-state index in [0.29, 0.717) is 19.6 Å². The molecule has 0 unspecified atom stereocenters. The van der Waals surface area contributed by atoms with Gasteiger partial charge in [0, 0.05) is 13.1 Å². The first-order chi connectivity index (χ1) is 11.1. The summed E-state index contributed by atoms with van der Waals surface area (Å²) in [5.41, 5.74) is 9.25. The second kappa shape index (κ2) is 6.84. The maximum atomic E-state index is 11.8. The molecule has 1 aliphatic heterocycles. The van der Waals surface area contributed by atoms with Crippen molar-refractivity contribution in [3.8, 4) is 5.75 Å². The lowest BCUT2D eigenvalue weighted by molar-refractivity contribution is -0.123. The predicted molar refractivity (Wildman–Crippen MR) is 90.2 cm³/mol. The van der Waals surface area contributed by atoms with Crippen LogP contribution in [-0.4, -0.2) is 30.0 Å². The first-order valence-corrected chi connectivity index (χ1v) is 7.93. The van der Waals surface area contributed by atoms with Crippen molar-refractivity contribution in [3.05, 3.63) is 65.2 Å². The first kappa shape index (κ1) is 15.6. The van der Waals surface area contributed by atoms with Crippen LogP contribution in [0, 0.1) is 6.92 Å². The molecule has 2 aromatic rings. The largest absolute Gasteiger partial charge is 0.492 e. The number of fused-ring (bicyclic) bond motifs is 1. The van der Waals surface area contributed by atoms with E-state index in [9.17, 15) is 4.79 Å². The molecular weight excluding hydrogens is 288 g/mol. The fourth-order valence-electron chi connectivity index (χ4n) is 3.08. The second-order valence-electron chi connectivity index (χ2n) is 6.03. The summed E-state index contributed by atoms with van der Waals surface area (Å²) in [6, 6.07) is 15.9. The zero-order valence-electron chi connectivity index (χ0n) is 13.4. The summed E-state index contributed by atoms with van der Waals surface area (Å²) >= 11 is 0. The average molecular weight is 310 g/mol. The van der Waals surface area contributed by atoms with Gasteiger partial charge < -0.3 is 10.5 Å². The number of carbonyl (C=O) groups is 1.